The largest absolute Gasteiger partial charge is 0.456 e. The van der Waals surface area contributed by atoms with Crippen molar-refractivity contribution >= 4 is 222 Å². The van der Waals surface area contributed by atoms with Gasteiger partial charge in [0.25, 0.3) is 0 Å². The molecule has 0 fully saturated rings. The molecule has 308 valence electrons. The summed E-state index contributed by atoms with van der Waals surface area (Å²) in [6.45, 7) is 0. The number of thiophene rings is 2. The smallest absolute Gasteiger partial charge is 0.207 e. The first-order valence-electron chi connectivity index (χ1n) is 20.9. The first kappa shape index (κ1) is 38.0. The Morgan fingerprint density at radius 1 is 0.387 bits per heavy atom. The quantitative estimate of drug-likeness (QED) is 0.152. The van der Waals surface area contributed by atoms with Crippen LogP contribution in [0, 0.1) is 0 Å². The van der Waals surface area contributed by atoms with Crippen LogP contribution in [-0.2, 0) is 9.84 Å². The molecule has 0 saturated heterocycles. The fourth-order valence-corrected chi connectivity index (χ4v) is 13.2. The van der Waals surface area contributed by atoms with Crippen molar-refractivity contribution in [3.8, 4) is 11.1 Å². The molecule has 0 bridgehead atoms. The first-order chi connectivity index (χ1) is 32.2. The van der Waals surface area contributed by atoms with Crippen molar-refractivity contribution in [2.75, 3.05) is 0 Å². The van der Waals surface area contributed by atoms with Gasteiger partial charge in [0.15, 0.2) is 0 Å². The van der Waals surface area contributed by atoms with Gasteiger partial charge in [-0.25, -0.2) is 8.42 Å². The summed E-state index contributed by atoms with van der Waals surface area (Å²) in [7, 11) is -3.34. The molecule has 3 aromatic heterocycles. The second kappa shape index (κ2) is 18.6. The second-order valence-electron chi connectivity index (χ2n) is 13.4. The van der Waals surface area contributed by atoms with Gasteiger partial charge in [-0.3, -0.25) is 0 Å². The molecule has 0 amide bonds. The van der Waals surface area contributed by atoms with Gasteiger partial charge in [0, 0.05) is 98.0 Å². The van der Waals surface area contributed by atoms with Gasteiger partial charge < -0.3 is 4.42 Å². The van der Waals surface area contributed by atoms with Crippen LogP contribution < -0.4 is 0 Å². The lowest BCUT2D eigenvalue weighted by Gasteiger charge is -1.99. The molecular formula is C48H24Br8O3S3. The van der Waals surface area contributed by atoms with E-state index in [0.29, 0.717) is 30.0 Å². The van der Waals surface area contributed by atoms with E-state index in [9.17, 15) is 8.42 Å². The van der Waals surface area contributed by atoms with E-state index in [0.717, 1.165) is 71.2 Å². The summed E-state index contributed by atoms with van der Waals surface area (Å²) in [6, 6.07) is 35.3. The minimum absolute atomic E-state index is 0.0319. The molecule has 0 atom stereocenters. The lowest BCUT2D eigenvalue weighted by atomic mass is 10.1. The minimum atomic E-state index is -3.34. The fourth-order valence-electron chi connectivity index (χ4n) is 6.81. The molecule has 4 heterocycles. The average Bonchev–Trinajstić information content (AvgIpc) is 4.05. The molecule has 1 aliphatic heterocycles. The molecule has 8 aromatic carbocycles. The van der Waals surface area contributed by atoms with Gasteiger partial charge in [-0.05, 0) is 145 Å². The van der Waals surface area contributed by atoms with Crippen molar-refractivity contribution in [1.29, 1.82) is 0 Å². The van der Waals surface area contributed by atoms with Crippen molar-refractivity contribution in [2.45, 2.75) is 9.79 Å². The van der Waals surface area contributed by atoms with Crippen LogP contribution in [-0.4, -0.2) is 8.42 Å². The van der Waals surface area contributed by atoms with Gasteiger partial charge in [0.1, 0.15) is 11.2 Å². The highest BCUT2D eigenvalue weighted by Crippen LogP contribution is 2.45. The van der Waals surface area contributed by atoms with Crippen LogP contribution in [0.5, 0.6) is 0 Å². The zero-order valence-electron chi connectivity index (χ0n) is 36.9. The topological polar surface area (TPSA) is 47.3 Å². The van der Waals surface area contributed by atoms with E-state index >= 15 is 0 Å². The maximum atomic E-state index is 12.3. The maximum absolute atomic E-state index is 12.3. The molecule has 0 unspecified atom stereocenters. The maximum Gasteiger partial charge on any atom is 0.207 e. The minimum Gasteiger partial charge on any atom is -0.456 e. The SMILES string of the molecule is Brc1ccc2oc3ccc(Br)cc3c2c1.Brc1ccc2sc3ccc(Br)cc3c2c1.O=S1(=O)c2ccc(Br)cc2-c2cc(Br)ccc21.[2H]c1c(Br)c([2H])c2c(sc3c([2H])c([2H])c(Br)c([2H])c32)c1[2H]. The van der Waals surface area contributed by atoms with Gasteiger partial charge in [-0.1, -0.05) is 127 Å². The average molecular weight is 1390 g/mol. The monoisotopic (exact) mass is 1380 g/mol. The normalized spacial score (nSPS) is 13.8. The highest BCUT2D eigenvalue weighted by molar-refractivity contribution is 9.11. The van der Waals surface area contributed by atoms with Crippen molar-refractivity contribution in [3.05, 3.63) is 181 Å². The first-order valence-corrected chi connectivity index (χ1v) is 27.4. The number of benzene rings is 8. The molecule has 0 spiro atoms. The predicted octanol–water partition coefficient (Wildman–Crippen LogP) is 20.3. The van der Waals surface area contributed by atoms with Gasteiger partial charge >= 0.3 is 0 Å². The van der Waals surface area contributed by atoms with Crippen molar-refractivity contribution in [1.82, 2.24) is 0 Å². The summed E-state index contributed by atoms with van der Waals surface area (Å²) in [6.07, 6.45) is 0. The Hall–Kier alpha value is -2.21. The molecule has 3 nitrogen and oxygen atoms in total. The van der Waals surface area contributed by atoms with Gasteiger partial charge in [-0.2, -0.15) is 0 Å². The van der Waals surface area contributed by atoms with Gasteiger partial charge in [0.05, 0.1) is 18.0 Å². The molecule has 62 heavy (non-hydrogen) atoms. The zero-order valence-corrected chi connectivity index (χ0v) is 46.0. The van der Waals surface area contributed by atoms with Crippen LogP contribution in [0.4, 0.5) is 0 Å². The fraction of sp³-hybridized carbons (Fsp3) is 0. The van der Waals surface area contributed by atoms with E-state index in [2.05, 4.69) is 176 Å². The molecule has 0 N–H and O–H groups in total. The molecule has 0 aliphatic carbocycles. The number of hydrogen-bond donors (Lipinski definition) is 0. The lowest BCUT2D eigenvalue weighted by Crippen LogP contribution is -1.95. The molecule has 0 radical (unpaired) electrons. The van der Waals surface area contributed by atoms with Crippen LogP contribution in [0.15, 0.2) is 195 Å². The Labute approximate surface area is 440 Å². The molecule has 0 saturated carbocycles. The van der Waals surface area contributed by atoms with Crippen molar-refractivity contribution in [3.63, 3.8) is 0 Å². The predicted molar refractivity (Wildman–Crippen MR) is 291 cm³/mol. The van der Waals surface area contributed by atoms with E-state index in [1.165, 1.54) is 20.2 Å². The summed E-state index contributed by atoms with van der Waals surface area (Å²) in [5.74, 6) is 0. The summed E-state index contributed by atoms with van der Waals surface area (Å²) in [5, 5.41) is 5.71. The molecule has 12 rings (SSSR count). The number of sulfone groups is 1. The molecule has 14 heteroatoms. The number of fused-ring (bicyclic) bond motifs is 12. The third-order valence-electron chi connectivity index (χ3n) is 9.49. The summed E-state index contributed by atoms with van der Waals surface area (Å²) in [4.78, 5) is 0.766. The van der Waals surface area contributed by atoms with Crippen molar-refractivity contribution in [2.24, 2.45) is 0 Å². The summed E-state index contributed by atoms with van der Waals surface area (Å²) < 4.78 is 88.4. The van der Waals surface area contributed by atoms with E-state index in [1.54, 1.807) is 24.3 Å². The van der Waals surface area contributed by atoms with E-state index < -0.39 is 9.84 Å². The molecule has 1 aliphatic rings. The number of furan rings is 1. The van der Waals surface area contributed by atoms with E-state index in [4.69, 9.17) is 12.6 Å². The highest BCUT2D eigenvalue weighted by atomic mass is 79.9. The number of hydrogen-bond acceptors (Lipinski definition) is 5. The Morgan fingerprint density at radius 2 is 0.742 bits per heavy atom. The third kappa shape index (κ3) is 9.27. The Morgan fingerprint density at radius 3 is 1.18 bits per heavy atom. The van der Waals surface area contributed by atoms with E-state index in [1.807, 2.05) is 47.7 Å². The lowest BCUT2D eigenvalue weighted by molar-refractivity contribution is 0.598. The molecule has 11 aromatic rings. The zero-order chi connectivity index (χ0) is 48.7. The van der Waals surface area contributed by atoms with Gasteiger partial charge in [0.2, 0.25) is 9.84 Å². The van der Waals surface area contributed by atoms with Crippen LogP contribution in [0.1, 0.15) is 8.22 Å². The van der Waals surface area contributed by atoms with Gasteiger partial charge in [-0.15, -0.1) is 22.7 Å². The molecular weight excluding hydrogens is 1360 g/mol. The second-order valence-corrected chi connectivity index (χ2v) is 24.5. The Bertz CT molecular complexity index is 3670. The van der Waals surface area contributed by atoms with Crippen LogP contribution in [0.3, 0.4) is 0 Å². The Kier molecular flexibility index (Phi) is 11.4. The van der Waals surface area contributed by atoms with Crippen LogP contribution >= 0.6 is 150 Å². The van der Waals surface area contributed by atoms with Crippen LogP contribution in [0.25, 0.3) is 73.4 Å². The number of rotatable bonds is 0. The summed E-state index contributed by atoms with van der Waals surface area (Å²) in [5.41, 5.74) is 3.36. The van der Waals surface area contributed by atoms with Crippen LogP contribution in [0.2, 0.25) is 0 Å². The Balaban J connectivity index is 0.000000114. The third-order valence-corrected chi connectivity index (χ3v) is 17.3. The number of halogens is 8. The standard InChI is InChI=1S/C12H6Br2O2S.C12H6Br2O.2C12H6Br2S/c13-7-1-3-11-9(5-7)10-6-8(14)2-4-12(10)17(11,15)16;3*13-7-1-3-11-9(5-7)10-6-8(14)2-4-12(10)15-11/h1-6H;3*1-6H/i;;1D,2D,3D,4D,5D,6D;. The van der Waals surface area contributed by atoms with E-state index in [-0.39, 0.29) is 45.2 Å². The van der Waals surface area contributed by atoms with Crippen molar-refractivity contribution < 1.29 is 21.1 Å². The highest BCUT2D eigenvalue weighted by Gasteiger charge is 2.32. The summed E-state index contributed by atoms with van der Waals surface area (Å²) >= 11 is 29.9.